The van der Waals surface area contributed by atoms with Crippen molar-refractivity contribution in [2.75, 3.05) is 5.32 Å². The second kappa shape index (κ2) is 4.18. The number of nitrogens with one attached hydrogen (secondary N) is 2. The van der Waals surface area contributed by atoms with Gasteiger partial charge in [-0.05, 0) is 23.7 Å². The number of benzene rings is 1. The van der Waals surface area contributed by atoms with Gasteiger partial charge in [-0.3, -0.25) is 5.43 Å². The zero-order valence-corrected chi connectivity index (χ0v) is 9.59. The Bertz CT molecular complexity index is 508. The van der Waals surface area contributed by atoms with Gasteiger partial charge in [0.15, 0.2) is 6.17 Å². The van der Waals surface area contributed by atoms with E-state index < -0.39 is 0 Å². The molecule has 0 bridgehead atoms. The number of fused-ring (bicyclic) bond motifs is 1. The first kappa shape index (κ1) is 10.3. The third-order valence-corrected chi connectivity index (χ3v) is 2.78. The molecule has 2 unspecified atom stereocenters. The van der Waals surface area contributed by atoms with E-state index in [0.29, 0.717) is 0 Å². The molecular formula is C11H10ClN5. The van der Waals surface area contributed by atoms with E-state index in [9.17, 15) is 0 Å². The summed E-state index contributed by atoms with van der Waals surface area (Å²) >= 11 is 5.87. The van der Waals surface area contributed by atoms with Crippen LogP contribution in [0.5, 0.6) is 0 Å². The maximum absolute atomic E-state index is 5.87. The van der Waals surface area contributed by atoms with E-state index in [4.69, 9.17) is 11.6 Å². The molecule has 0 aliphatic carbocycles. The lowest BCUT2D eigenvalue weighted by molar-refractivity contribution is 0.562. The molecule has 5 nitrogen and oxygen atoms in total. The Morgan fingerprint density at radius 2 is 2.06 bits per heavy atom. The van der Waals surface area contributed by atoms with Crippen molar-refractivity contribution in [1.82, 2.24) is 5.43 Å². The van der Waals surface area contributed by atoms with Crippen molar-refractivity contribution in [3.8, 4) is 0 Å². The average molecular weight is 248 g/mol. The number of hydrogen-bond donors (Lipinski definition) is 2. The number of hydrogen-bond acceptors (Lipinski definition) is 5. The normalized spacial score (nSPS) is 25.7. The number of para-hydroxylation sites is 1. The summed E-state index contributed by atoms with van der Waals surface area (Å²) in [6, 6.07) is 9.82. The number of anilines is 1. The van der Waals surface area contributed by atoms with E-state index in [0.717, 1.165) is 11.5 Å². The summed E-state index contributed by atoms with van der Waals surface area (Å²) in [5.74, 6) is 0.771. The van der Waals surface area contributed by atoms with Crippen LogP contribution >= 0.6 is 11.6 Å². The molecule has 0 spiro atoms. The summed E-state index contributed by atoms with van der Waals surface area (Å²) < 4.78 is 0. The SMILES string of the molecule is ClC1=NC2NN=CC2C(Nc2ccccc2)=N1. The second-order valence-corrected chi connectivity index (χ2v) is 4.10. The second-order valence-electron chi connectivity index (χ2n) is 3.76. The van der Waals surface area contributed by atoms with Crippen molar-refractivity contribution in [3.63, 3.8) is 0 Å². The number of amidine groups is 2. The van der Waals surface area contributed by atoms with E-state index in [1.807, 2.05) is 30.3 Å². The molecule has 2 atom stereocenters. The van der Waals surface area contributed by atoms with Crippen LogP contribution in [-0.2, 0) is 0 Å². The third kappa shape index (κ3) is 2.01. The van der Waals surface area contributed by atoms with Gasteiger partial charge in [-0.15, -0.1) is 0 Å². The molecule has 0 saturated carbocycles. The van der Waals surface area contributed by atoms with Crippen LogP contribution in [0.1, 0.15) is 0 Å². The van der Waals surface area contributed by atoms with Crippen LogP contribution < -0.4 is 10.7 Å². The lowest BCUT2D eigenvalue weighted by Crippen LogP contribution is -2.38. The predicted octanol–water partition coefficient (Wildman–Crippen LogP) is 1.64. The van der Waals surface area contributed by atoms with Gasteiger partial charge in [0.05, 0.1) is 5.92 Å². The molecule has 2 N–H and O–H groups in total. The van der Waals surface area contributed by atoms with Gasteiger partial charge in [-0.1, -0.05) is 18.2 Å². The van der Waals surface area contributed by atoms with Crippen LogP contribution in [0.25, 0.3) is 0 Å². The molecule has 3 rings (SSSR count). The topological polar surface area (TPSA) is 61.1 Å². The van der Waals surface area contributed by atoms with Crippen molar-refractivity contribution in [1.29, 1.82) is 0 Å². The number of aliphatic imine (C=N–C) groups is 2. The predicted molar refractivity (Wildman–Crippen MR) is 69.7 cm³/mol. The minimum Gasteiger partial charge on any atom is -0.343 e. The lowest BCUT2D eigenvalue weighted by atomic mass is 10.1. The van der Waals surface area contributed by atoms with Gasteiger partial charge >= 0.3 is 0 Å². The van der Waals surface area contributed by atoms with Crippen molar-refractivity contribution >= 4 is 34.6 Å². The van der Waals surface area contributed by atoms with E-state index in [1.54, 1.807) is 6.21 Å². The van der Waals surface area contributed by atoms with Crippen LogP contribution in [0.4, 0.5) is 5.69 Å². The van der Waals surface area contributed by atoms with Gasteiger partial charge < -0.3 is 5.32 Å². The minimum absolute atomic E-state index is 0.0118. The number of rotatable bonds is 1. The summed E-state index contributed by atoms with van der Waals surface area (Å²) in [5, 5.41) is 7.47. The summed E-state index contributed by atoms with van der Waals surface area (Å²) in [6.07, 6.45) is 1.64. The Hall–Kier alpha value is -1.88. The molecule has 2 heterocycles. The third-order valence-electron chi connectivity index (χ3n) is 2.60. The van der Waals surface area contributed by atoms with Crippen molar-refractivity contribution < 1.29 is 0 Å². The van der Waals surface area contributed by atoms with Crippen LogP contribution in [0.15, 0.2) is 45.4 Å². The summed E-state index contributed by atoms with van der Waals surface area (Å²) in [5.41, 5.74) is 3.85. The Morgan fingerprint density at radius 3 is 2.88 bits per heavy atom. The molecule has 2 aliphatic heterocycles. The van der Waals surface area contributed by atoms with E-state index in [1.165, 1.54) is 0 Å². The fourth-order valence-electron chi connectivity index (χ4n) is 1.79. The van der Waals surface area contributed by atoms with Crippen LogP contribution in [-0.4, -0.2) is 23.5 Å². The Morgan fingerprint density at radius 1 is 1.24 bits per heavy atom. The van der Waals surface area contributed by atoms with Crippen molar-refractivity contribution in [3.05, 3.63) is 30.3 Å². The molecule has 0 aromatic heterocycles. The largest absolute Gasteiger partial charge is 0.343 e. The molecule has 0 amide bonds. The molecule has 0 fully saturated rings. The van der Waals surface area contributed by atoms with Gasteiger partial charge in [0.2, 0.25) is 5.29 Å². The van der Waals surface area contributed by atoms with E-state index in [2.05, 4.69) is 25.8 Å². The summed E-state index contributed by atoms with van der Waals surface area (Å²) in [7, 11) is 0. The monoisotopic (exact) mass is 247 g/mol. The Balaban J connectivity index is 1.87. The molecule has 17 heavy (non-hydrogen) atoms. The van der Waals surface area contributed by atoms with Crippen molar-refractivity contribution in [2.45, 2.75) is 6.17 Å². The molecule has 0 radical (unpaired) electrons. The van der Waals surface area contributed by atoms with Crippen molar-refractivity contribution in [2.24, 2.45) is 21.0 Å². The lowest BCUT2D eigenvalue weighted by Gasteiger charge is -2.21. The first-order chi connectivity index (χ1) is 8.33. The highest BCUT2D eigenvalue weighted by atomic mass is 35.5. The average Bonchev–Trinajstić information content (AvgIpc) is 2.78. The van der Waals surface area contributed by atoms with Gasteiger partial charge in [-0.2, -0.15) is 5.10 Å². The summed E-state index contributed by atoms with van der Waals surface area (Å²) in [6.45, 7) is 0. The highest BCUT2D eigenvalue weighted by Gasteiger charge is 2.32. The number of nitrogens with zero attached hydrogens (tertiary/aromatic N) is 3. The van der Waals surface area contributed by atoms with Crippen LogP contribution in [0.3, 0.4) is 0 Å². The molecule has 1 aromatic carbocycles. The van der Waals surface area contributed by atoms with E-state index in [-0.39, 0.29) is 17.4 Å². The maximum Gasteiger partial charge on any atom is 0.221 e. The first-order valence-electron chi connectivity index (χ1n) is 5.25. The molecule has 2 aliphatic rings. The number of hydrazone groups is 1. The molecule has 86 valence electrons. The highest BCUT2D eigenvalue weighted by Crippen LogP contribution is 2.19. The summed E-state index contributed by atoms with van der Waals surface area (Å²) in [4.78, 5) is 8.36. The number of halogens is 1. The standard InChI is InChI=1S/C11H10ClN5/c12-11-15-9(8-6-13-17-10(8)16-11)14-7-4-2-1-3-5-7/h1-6,8,10,17H,(H,14,15,16). The fraction of sp³-hybridized carbons (Fsp3) is 0.182. The fourth-order valence-corrected chi connectivity index (χ4v) is 1.99. The minimum atomic E-state index is -0.147. The smallest absolute Gasteiger partial charge is 0.221 e. The Kier molecular flexibility index (Phi) is 2.53. The van der Waals surface area contributed by atoms with Gasteiger partial charge in [0, 0.05) is 11.9 Å². The first-order valence-corrected chi connectivity index (χ1v) is 5.63. The van der Waals surface area contributed by atoms with Gasteiger partial charge in [-0.25, -0.2) is 9.98 Å². The maximum atomic E-state index is 5.87. The zero-order valence-electron chi connectivity index (χ0n) is 8.84. The molecular weight excluding hydrogens is 238 g/mol. The highest BCUT2D eigenvalue weighted by molar-refractivity contribution is 6.66. The quantitative estimate of drug-likeness (QED) is 0.741. The van der Waals surface area contributed by atoms with Crippen LogP contribution in [0.2, 0.25) is 0 Å². The van der Waals surface area contributed by atoms with E-state index >= 15 is 0 Å². The Labute approximate surface area is 103 Å². The zero-order chi connectivity index (χ0) is 11.7. The van der Waals surface area contributed by atoms with Gasteiger partial charge in [0.25, 0.3) is 0 Å². The molecule has 1 aromatic rings. The molecule has 6 heteroatoms. The molecule has 0 saturated heterocycles. The van der Waals surface area contributed by atoms with Crippen LogP contribution in [0, 0.1) is 5.92 Å². The van der Waals surface area contributed by atoms with Gasteiger partial charge in [0.1, 0.15) is 5.84 Å².